The number of nitrogens with zero attached hydrogens (tertiary/aromatic N) is 5. The summed E-state index contributed by atoms with van der Waals surface area (Å²) in [5, 5.41) is 44.0. The van der Waals surface area contributed by atoms with Crippen LogP contribution in [0.3, 0.4) is 0 Å². The van der Waals surface area contributed by atoms with Gasteiger partial charge in [0, 0.05) is 30.6 Å². The van der Waals surface area contributed by atoms with E-state index >= 15 is 0 Å². The zero-order valence-corrected chi connectivity index (χ0v) is 11.4. The van der Waals surface area contributed by atoms with Crippen LogP contribution >= 0.6 is 0 Å². The summed E-state index contributed by atoms with van der Waals surface area (Å²) in [7, 11) is 0. The Balaban J connectivity index is 4.25. The van der Waals surface area contributed by atoms with E-state index in [2.05, 4.69) is 18.2 Å². The maximum absolute atomic E-state index is 9.10. The highest BCUT2D eigenvalue weighted by Gasteiger charge is 2.18. The molecular formula is C15H17N5. The Morgan fingerprint density at radius 1 is 0.550 bits per heavy atom. The highest BCUT2D eigenvalue weighted by molar-refractivity contribution is 4.94. The predicted octanol–water partition coefficient (Wildman–Crippen LogP) is 3.18. The third-order valence-electron chi connectivity index (χ3n) is 3.19. The molecule has 0 radical (unpaired) electrons. The first kappa shape index (κ1) is 17.4. The lowest BCUT2D eigenvalue weighted by molar-refractivity contribution is 0.416. The molecule has 0 aliphatic rings. The van der Waals surface area contributed by atoms with E-state index in [1.807, 2.05) is 12.1 Å². The van der Waals surface area contributed by atoms with E-state index in [0.717, 1.165) is 0 Å². The molecule has 5 nitrogen and oxygen atoms in total. The number of rotatable bonds is 9. The molecule has 0 aliphatic carbocycles. The highest BCUT2D eigenvalue weighted by Crippen LogP contribution is 2.23. The Hall–Kier alpha value is -2.55. The van der Waals surface area contributed by atoms with Crippen LogP contribution in [0.4, 0.5) is 0 Å². The summed E-state index contributed by atoms with van der Waals surface area (Å²) < 4.78 is 0. The normalized spacial score (nSPS) is 13.6. The van der Waals surface area contributed by atoms with Gasteiger partial charge in [-0.2, -0.15) is 26.3 Å². The summed E-state index contributed by atoms with van der Waals surface area (Å²) in [5.74, 6) is -0.750. The van der Waals surface area contributed by atoms with Crippen molar-refractivity contribution in [3.63, 3.8) is 0 Å². The van der Waals surface area contributed by atoms with Crippen LogP contribution in [0.2, 0.25) is 0 Å². The number of hydrogen-bond donors (Lipinski definition) is 0. The standard InChI is InChI=1S/C15H17N5/c16-7-1-3-13(10-18)5-6-15(12-20)9-14(11-19)4-2-8-17/h13-15H,1-6,9H2. The summed E-state index contributed by atoms with van der Waals surface area (Å²) in [4.78, 5) is 0. The van der Waals surface area contributed by atoms with Gasteiger partial charge < -0.3 is 0 Å². The van der Waals surface area contributed by atoms with Gasteiger partial charge in [0.05, 0.1) is 30.3 Å². The first-order chi connectivity index (χ1) is 9.71. The molecule has 3 unspecified atom stereocenters. The fourth-order valence-corrected chi connectivity index (χ4v) is 1.97. The van der Waals surface area contributed by atoms with Crippen LogP contribution in [0, 0.1) is 74.4 Å². The Morgan fingerprint density at radius 3 is 1.40 bits per heavy atom. The zero-order chi connectivity index (χ0) is 15.2. The molecule has 0 saturated carbocycles. The number of hydrogen-bond acceptors (Lipinski definition) is 5. The third-order valence-corrected chi connectivity index (χ3v) is 3.19. The lowest BCUT2D eigenvalue weighted by Crippen LogP contribution is -2.08. The fraction of sp³-hybridized carbons (Fsp3) is 0.667. The van der Waals surface area contributed by atoms with E-state index in [4.69, 9.17) is 26.3 Å². The summed E-state index contributed by atoms with van der Waals surface area (Å²) >= 11 is 0. The van der Waals surface area contributed by atoms with Crippen molar-refractivity contribution < 1.29 is 0 Å². The van der Waals surface area contributed by atoms with E-state index in [0.29, 0.717) is 44.9 Å². The second-order valence-electron chi connectivity index (χ2n) is 4.68. The van der Waals surface area contributed by atoms with Crippen molar-refractivity contribution in [3.05, 3.63) is 0 Å². The van der Waals surface area contributed by atoms with Crippen molar-refractivity contribution in [2.75, 3.05) is 0 Å². The van der Waals surface area contributed by atoms with Gasteiger partial charge in [0.25, 0.3) is 0 Å². The van der Waals surface area contributed by atoms with Crippen LogP contribution in [0.1, 0.15) is 44.9 Å². The largest absolute Gasteiger partial charge is 0.198 e. The Morgan fingerprint density at radius 2 is 0.950 bits per heavy atom. The monoisotopic (exact) mass is 267 g/mol. The molecule has 102 valence electrons. The molecule has 0 aromatic heterocycles. The Bertz CT molecular complexity index is 477. The first-order valence-corrected chi connectivity index (χ1v) is 6.64. The molecule has 0 aromatic rings. The van der Waals surface area contributed by atoms with Crippen LogP contribution in [0.5, 0.6) is 0 Å². The zero-order valence-electron chi connectivity index (χ0n) is 11.4. The van der Waals surface area contributed by atoms with E-state index in [9.17, 15) is 0 Å². The first-order valence-electron chi connectivity index (χ1n) is 6.64. The highest BCUT2D eigenvalue weighted by atomic mass is 14.3. The smallest absolute Gasteiger partial charge is 0.0656 e. The summed E-state index contributed by atoms with van der Waals surface area (Å²) in [6.45, 7) is 0. The van der Waals surface area contributed by atoms with Gasteiger partial charge >= 0.3 is 0 Å². The quantitative estimate of drug-likeness (QED) is 0.635. The van der Waals surface area contributed by atoms with E-state index in [1.54, 1.807) is 0 Å². The van der Waals surface area contributed by atoms with Gasteiger partial charge in [0.1, 0.15) is 0 Å². The minimum absolute atomic E-state index is 0.204. The van der Waals surface area contributed by atoms with Crippen LogP contribution in [0.15, 0.2) is 0 Å². The summed E-state index contributed by atoms with van der Waals surface area (Å²) in [6, 6.07) is 10.5. The van der Waals surface area contributed by atoms with Crippen molar-refractivity contribution in [1.82, 2.24) is 0 Å². The molecule has 0 amide bonds. The van der Waals surface area contributed by atoms with Crippen LogP contribution in [-0.2, 0) is 0 Å². The maximum Gasteiger partial charge on any atom is 0.0656 e. The average Bonchev–Trinajstić information content (AvgIpc) is 2.49. The van der Waals surface area contributed by atoms with Gasteiger partial charge in [0.15, 0.2) is 0 Å². The van der Waals surface area contributed by atoms with E-state index < -0.39 is 0 Å². The second-order valence-corrected chi connectivity index (χ2v) is 4.68. The molecule has 0 bridgehead atoms. The van der Waals surface area contributed by atoms with Gasteiger partial charge in [-0.15, -0.1) is 0 Å². The lowest BCUT2D eigenvalue weighted by Gasteiger charge is -2.14. The Labute approximate surface area is 120 Å². The van der Waals surface area contributed by atoms with Crippen molar-refractivity contribution in [3.8, 4) is 30.3 Å². The minimum Gasteiger partial charge on any atom is -0.198 e. The van der Waals surface area contributed by atoms with Crippen molar-refractivity contribution >= 4 is 0 Å². The van der Waals surface area contributed by atoms with Gasteiger partial charge in [-0.05, 0) is 32.1 Å². The predicted molar refractivity (Wildman–Crippen MR) is 70.9 cm³/mol. The van der Waals surface area contributed by atoms with E-state index in [1.165, 1.54) is 0 Å². The maximum atomic E-state index is 9.10. The van der Waals surface area contributed by atoms with Crippen LogP contribution in [0.25, 0.3) is 0 Å². The molecule has 5 heteroatoms. The number of nitriles is 5. The lowest BCUT2D eigenvalue weighted by atomic mass is 9.87. The second kappa shape index (κ2) is 11.5. The molecule has 0 spiro atoms. The molecule has 0 saturated heterocycles. The summed E-state index contributed by atoms with van der Waals surface area (Å²) in [6.07, 6.45) is 3.27. The van der Waals surface area contributed by atoms with Gasteiger partial charge in [-0.1, -0.05) is 0 Å². The third kappa shape index (κ3) is 7.71. The molecular weight excluding hydrogens is 250 g/mol. The fourth-order valence-electron chi connectivity index (χ4n) is 1.97. The van der Waals surface area contributed by atoms with E-state index in [-0.39, 0.29) is 17.8 Å². The molecule has 0 aromatic carbocycles. The molecule has 0 fully saturated rings. The van der Waals surface area contributed by atoms with Crippen LogP contribution in [-0.4, -0.2) is 0 Å². The molecule has 0 N–H and O–H groups in total. The molecule has 20 heavy (non-hydrogen) atoms. The Kier molecular flexibility index (Phi) is 10.1. The van der Waals surface area contributed by atoms with Crippen LogP contribution < -0.4 is 0 Å². The molecule has 3 atom stereocenters. The molecule has 0 heterocycles. The van der Waals surface area contributed by atoms with Gasteiger partial charge in [0.2, 0.25) is 0 Å². The average molecular weight is 267 g/mol. The molecule has 0 aliphatic heterocycles. The van der Waals surface area contributed by atoms with Gasteiger partial charge in [-0.3, -0.25) is 0 Å². The van der Waals surface area contributed by atoms with Crippen molar-refractivity contribution in [2.45, 2.75) is 44.9 Å². The van der Waals surface area contributed by atoms with Gasteiger partial charge in [-0.25, -0.2) is 0 Å². The topological polar surface area (TPSA) is 119 Å². The van der Waals surface area contributed by atoms with Crippen molar-refractivity contribution in [1.29, 1.82) is 26.3 Å². The summed E-state index contributed by atoms with van der Waals surface area (Å²) in [5.41, 5.74) is 0. The SMILES string of the molecule is N#CCCC(C#N)CCC(C#N)CC(C#N)CCC#N. The minimum atomic E-state index is -0.279. The van der Waals surface area contributed by atoms with Crippen molar-refractivity contribution in [2.24, 2.45) is 17.8 Å². The molecule has 0 rings (SSSR count).